The maximum absolute atomic E-state index is 12.3. The molecule has 1 aliphatic heterocycles. The summed E-state index contributed by atoms with van der Waals surface area (Å²) in [5.41, 5.74) is 0.784. The van der Waals surface area contributed by atoms with Crippen molar-refractivity contribution in [3.05, 3.63) is 58.0 Å². The van der Waals surface area contributed by atoms with Crippen molar-refractivity contribution in [1.82, 2.24) is 5.32 Å². The second-order valence-corrected chi connectivity index (χ2v) is 7.50. The van der Waals surface area contributed by atoms with Gasteiger partial charge in [-0.25, -0.2) is 0 Å². The Hall–Kier alpha value is -2.49. The van der Waals surface area contributed by atoms with Crippen molar-refractivity contribution in [2.75, 3.05) is 24.6 Å². The Balaban J connectivity index is 1.45. The first-order valence-corrected chi connectivity index (χ1v) is 9.88. The van der Waals surface area contributed by atoms with Gasteiger partial charge in [-0.3, -0.25) is 9.59 Å². The number of nitrogens with zero attached hydrogens (tertiary/aromatic N) is 1. The first-order chi connectivity index (χ1) is 13.5. The summed E-state index contributed by atoms with van der Waals surface area (Å²) in [5.74, 6) is 5.62. The molecular weight excluding hydrogens is 444 g/mol. The number of carbonyl (C=O) groups is 2. The van der Waals surface area contributed by atoms with E-state index in [-0.39, 0.29) is 37.3 Å². The number of anilines is 1. The molecule has 1 saturated heterocycles. The number of rotatable bonds is 5. The lowest BCUT2D eigenvalue weighted by Gasteiger charge is -2.16. The Bertz CT molecular complexity index is 938. The summed E-state index contributed by atoms with van der Waals surface area (Å²) in [6.07, 6.45) is 0.196. The molecule has 1 heterocycles. The summed E-state index contributed by atoms with van der Waals surface area (Å²) < 4.78 is 6.35. The van der Waals surface area contributed by atoms with E-state index in [1.807, 2.05) is 36.4 Å². The lowest BCUT2D eigenvalue weighted by molar-refractivity contribution is -0.126. The van der Waals surface area contributed by atoms with Crippen LogP contribution in [0.5, 0.6) is 5.75 Å². The summed E-state index contributed by atoms with van der Waals surface area (Å²) in [6.45, 7) is 0.745. The Kier molecular flexibility index (Phi) is 6.96. The number of benzene rings is 2. The maximum atomic E-state index is 12.3. The molecule has 1 fully saturated rings. The molecule has 5 nitrogen and oxygen atoms in total. The van der Waals surface area contributed by atoms with Crippen LogP contribution in [0.15, 0.2) is 53.0 Å². The van der Waals surface area contributed by atoms with Gasteiger partial charge in [-0.1, -0.05) is 57.6 Å². The van der Waals surface area contributed by atoms with Gasteiger partial charge in [0.2, 0.25) is 11.8 Å². The highest BCUT2D eigenvalue weighted by atomic mass is 79.9. The topological polar surface area (TPSA) is 58.6 Å². The van der Waals surface area contributed by atoms with E-state index < -0.39 is 0 Å². The number of nitrogens with one attached hydrogen (secondary N) is 1. The van der Waals surface area contributed by atoms with Crippen molar-refractivity contribution >= 4 is 45.0 Å². The van der Waals surface area contributed by atoms with E-state index in [1.165, 1.54) is 0 Å². The lowest BCUT2D eigenvalue weighted by Crippen LogP contribution is -2.33. The van der Waals surface area contributed by atoms with Crippen molar-refractivity contribution in [3.8, 4) is 17.6 Å². The molecule has 1 unspecified atom stereocenters. The standard InChI is InChI=1S/C21H18BrClN2O3/c22-16-6-5-7-17(13-16)25-14-15(12-20(25)26)21(27)24-10-3-4-11-28-19-9-2-1-8-18(19)23/h1-2,5-9,13,15H,10-12,14H2,(H,24,27). The Labute approximate surface area is 177 Å². The molecule has 0 bridgehead atoms. The van der Waals surface area contributed by atoms with Gasteiger partial charge in [0.1, 0.15) is 12.4 Å². The van der Waals surface area contributed by atoms with Crippen LogP contribution in [-0.2, 0) is 9.59 Å². The highest BCUT2D eigenvalue weighted by Crippen LogP contribution is 2.27. The minimum atomic E-state index is -0.382. The van der Waals surface area contributed by atoms with Crippen molar-refractivity contribution < 1.29 is 14.3 Å². The van der Waals surface area contributed by atoms with Crippen LogP contribution in [0.3, 0.4) is 0 Å². The quantitative estimate of drug-likeness (QED) is 0.692. The number of para-hydroxylation sites is 1. The van der Waals surface area contributed by atoms with Gasteiger partial charge < -0.3 is 15.0 Å². The molecule has 144 valence electrons. The molecule has 2 aromatic carbocycles. The van der Waals surface area contributed by atoms with Gasteiger partial charge in [0.05, 0.1) is 17.5 Å². The van der Waals surface area contributed by atoms with E-state index >= 15 is 0 Å². The molecule has 0 saturated carbocycles. The fourth-order valence-corrected chi connectivity index (χ4v) is 3.42. The normalized spacial score (nSPS) is 15.7. The molecule has 7 heteroatoms. The molecular formula is C21H18BrClN2O3. The van der Waals surface area contributed by atoms with Gasteiger partial charge in [0, 0.05) is 23.1 Å². The second kappa shape index (κ2) is 9.63. The summed E-state index contributed by atoms with van der Waals surface area (Å²) in [4.78, 5) is 26.2. The molecule has 28 heavy (non-hydrogen) atoms. The van der Waals surface area contributed by atoms with Gasteiger partial charge in [-0.2, -0.15) is 0 Å². The molecule has 0 aliphatic carbocycles. The average Bonchev–Trinajstić information content (AvgIpc) is 3.07. The zero-order valence-electron chi connectivity index (χ0n) is 15.0. The van der Waals surface area contributed by atoms with Crippen LogP contribution >= 0.6 is 27.5 Å². The van der Waals surface area contributed by atoms with E-state index in [1.54, 1.807) is 17.0 Å². The average molecular weight is 462 g/mol. The lowest BCUT2D eigenvalue weighted by atomic mass is 10.1. The van der Waals surface area contributed by atoms with E-state index in [4.69, 9.17) is 16.3 Å². The fraction of sp³-hybridized carbons (Fsp3) is 0.238. The smallest absolute Gasteiger partial charge is 0.227 e. The number of ether oxygens (including phenoxy) is 1. The molecule has 2 aromatic rings. The third-order valence-corrected chi connectivity index (χ3v) is 5.03. The Morgan fingerprint density at radius 1 is 1.25 bits per heavy atom. The zero-order chi connectivity index (χ0) is 19.9. The summed E-state index contributed by atoms with van der Waals surface area (Å²) in [6, 6.07) is 14.6. The minimum absolute atomic E-state index is 0.0579. The second-order valence-electron chi connectivity index (χ2n) is 6.18. The molecule has 0 spiro atoms. The maximum Gasteiger partial charge on any atom is 0.227 e. The van der Waals surface area contributed by atoms with Crippen molar-refractivity contribution in [1.29, 1.82) is 0 Å². The van der Waals surface area contributed by atoms with Gasteiger partial charge >= 0.3 is 0 Å². The van der Waals surface area contributed by atoms with Crippen LogP contribution in [-0.4, -0.2) is 31.5 Å². The molecule has 0 radical (unpaired) electrons. The number of halogens is 2. The predicted octanol–water partition coefficient (Wildman–Crippen LogP) is 3.65. The summed E-state index contributed by atoms with van der Waals surface area (Å²) in [5, 5.41) is 3.28. The SMILES string of the molecule is O=C(NCC#CCOc1ccccc1Cl)C1CC(=O)N(c2cccc(Br)c2)C1. The first kappa shape index (κ1) is 20.2. The fourth-order valence-electron chi connectivity index (χ4n) is 2.84. The van der Waals surface area contributed by atoms with E-state index in [0.717, 1.165) is 10.2 Å². The van der Waals surface area contributed by atoms with Gasteiger partial charge in [0.15, 0.2) is 0 Å². The van der Waals surface area contributed by atoms with Crippen molar-refractivity contribution in [3.63, 3.8) is 0 Å². The highest BCUT2D eigenvalue weighted by Gasteiger charge is 2.34. The van der Waals surface area contributed by atoms with Crippen LogP contribution in [0.1, 0.15) is 6.42 Å². The monoisotopic (exact) mass is 460 g/mol. The van der Waals surface area contributed by atoms with Crippen LogP contribution in [0.4, 0.5) is 5.69 Å². The Morgan fingerprint density at radius 2 is 2.07 bits per heavy atom. The molecule has 1 atom stereocenters. The Morgan fingerprint density at radius 3 is 2.86 bits per heavy atom. The number of amides is 2. The van der Waals surface area contributed by atoms with Crippen LogP contribution in [0.25, 0.3) is 0 Å². The van der Waals surface area contributed by atoms with Gasteiger partial charge in [-0.05, 0) is 30.3 Å². The molecule has 3 rings (SSSR count). The molecule has 1 aliphatic rings. The third kappa shape index (κ3) is 5.28. The summed E-state index contributed by atoms with van der Waals surface area (Å²) in [7, 11) is 0. The van der Waals surface area contributed by atoms with Gasteiger partial charge in [-0.15, -0.1) is 0 Å². The third-order valence-electron chi connectivity index (χ3n) is 4.23. The minimum Gasteiger partial charge on any atom is -0.479 e. The molecule has 2 amide bonds. The van der Waals surface area contributed by atoms with Crippen LogP contribution in [0, 0.1) is 17.8 Å². The van der Waals surface area contributed by atoms with Gasteiger partial charge in [0.25, 0.3) is 0 Å². The van der Waals surface area contributed by atoms with Crippen LogP contribution in [0.2, 0.25) is 5.02 Å². The molecule has 0 aromatic heterocycles. The zero-order valence-corrected chi connectivity index (χ0v) is 17.3. The van der Waals surface area contributed by atoms with Crippen LogP contribution < -0.4 is 15.0 Å². The van der Waals surface area contributed by atoms with Crippen molar-refractivity contribution in [2.45, 2.75) is 6.42 Å². The summed E-state index contributed by atoms with van der Waals surface area (Å²) >= 11 is 9.39. The van der Waals surface area contributed by atoms with Crippen molar-refractivity contribution in [2.24, 2.45) is 5.92 Å². The number of hydrogen-bond donors (Lipinski definition) is 1. The predicted molar refractivity (Wildman–Crippen MR) is 112 cm³/mol. The van der Waals surface area contributed by atoms with E-state index in [9.17, 15) is 9.59 Å². The van der Waals surface area contributed by atoms with E-state index in [0.29, 0.717) is 17.3 Å². The number of hydrogen-bond acceptors (Lipinski definition) is 3. The molecule has 1 N–H and O–H groups in total. The highest BCUT2D eigenvalue weighted by molar-refractivity contribution is 9.10. The number of carbonyl (C=O) groups excluding carboxylic acids is 2. The largest absolute Gasteiger partial charge is 0.479 e. The first-order valence-electron chi connectivity index (χ1n) is 8.71. The van der Waals surface area contributed by atoms with E-state index in [2.05, 4.69) is 33.1 Å².